The number of H-pyrrole nitrogens is 1. The zero-order valence-corrected chi connectivity index (χ0v) is 12.3. The summed E-state index contributed by atoms with van der Waals surface area (Å²) in [5, 5.41) is 0. The minimum absolute atomic E-state index is 0.0274. The maximum Gasteiger partial charge on any atom is 0.326 e. The maximum atomic E-state index is 12.0. The lowest BCUT2D eigenvalue weighted by Crippen LogP contribution is -2.31. The molecule has 1 fully saturated rings. The van der Waals surface area contributed by atoms with Gasteiger partial charge in [-0.05, 0) is 44.4 Å². The Morgan fingerprint density at radius 1 is 1.35 bits per heavy atom. The molecule has 3 rings (SSSR count). The van der Waals surface area contributed by atoms with Crippen molar-refractivity contribution in [2.45, 2.75) is 51.0 Å². The number of hydrogen-bond acceptors (Lipinski definition) is 2. The predicted molar refractivity (Wildman–Crippen MR) is 82.1 cm³/mol. The molecule has 1 saturated carbocycles. The predicted octanol–water partition coefficient (Wildman–Crippen LogP) is 2.68. The van der Waals surface area contributed by atoms with Crippen LogP contribution in [0.1, 0.15) is 51.1 Å². The molecule has 0 aliphatic heterocycles. The number of nitrogens with two attached hydrogens (primary N) is 1. The molecule has 0 spiro atoms. The second-order valence-electron chi connectivity index (χ2n) is 6.32. The van der Waals surface area contributed by atoms with Gasteiger partial charge in [0.2, 0.25) is 0 Å². The molecule has 0 unspecified atom stereocenters. The fraction of sp³-hybridized carbons (Fsp3) is 0.562. The summed E-state index contributed by atoms with van der Waals surface area (Å²) < 4.78 is 1.81. The second kappa shape index (κ2) is 4.77. The molecule has 4 nitrogen and oxygen atoms in total. The summed E-state index contributed by atoms with van der Waals surface area (Å²) in [5.41, 5.74) is 9.34. The molecular formula is C16H23N3O. The molecule has 20 heavy (non-hydrogen) atoms. The minimum Gasteiger partial charge on any atom is -0.330 e. The molecule has 108 valence electrons. The SMILES string of the molecule is CC(C)n1c(=O)[nH]c2cc(C3(CN)CCCC3)ccc21. The van der Waals surface area contributed by atoms with Gasteiger partial charge < -0.3 is 10.7 Å². The molecule has 4 heteroatoms. The summed E-state index contributed by atoms with van der Waals surface area (Å²) in [6.45, 7) is 4.75. The molecule has 1 aliphatic rings. The van der Waals surface area contributed by atoms with Crippen molar-refractivity contribution in [1.29, 1.82) is 0 Å². The van der Waals surface area contributed by atoms with Gasteiger partial charge in [0.1, 0.15) is 0 Å². The Morgan fingerprint density at radius 2 is 2.05 bits per heavy atom. The smallest absolute Gasteiger partial charge is 0.326 e. The van der Waals surface area contributed by atoms with Crippen LogP contribution in [0.2, 0.25) is 0 Å². The summed E-state index contributed by atoms with van der Waals surface area (Å²) in [4.78, 5) is 15.0. The zero-order chi connectivity index (χ0) is 14.3. The van der Waals surface area contributed by atoms with Crippen molar-refractivity contribution >= 4 is 11.0 Å². The molecule has 2 aromatic rings. The number of aromatic amines is 1. The van der Waals surface area contributed by atoms with E-state index in [4.69, 9.17) is 5.73 Å². The molecule has 0 bridgehead atoms. The number of nitrogens with zero attached hydrogens (tertiary/aromatic N) is 1. The standard InChI is InChI=1S/C16H23N3O/c1-11(2)19-14-6-5-12(9-13(14)18-15(19)20)16(10-17)7-3-4-8-16/h5-6,9,11H,3-4,7-8,10,17H2,1-2H3,(H,18,20). The number of hydrogen-bond donors (Lipinski definition) is 2. The average molecular weight is 273 g/mol. The van der Waals surface area contributed by atoms with E-state index in [9.17, 15) is 4.79 Å². The van der Waals surface area contributed by atoms with E-state index in [1.807, 2.05) is 18.4 Å². The van der Waals surface area contributed by atoms with Crippen LogP contribution in [0.15, 0.2) is 23.0 Å². The first-order chi connectivity index (χ1) is 9.57. The number of aromatic nitrogens is 2. The molecule has 3 N–H and O–H groups in total. The maximum absolute atomic E-state index is 12.0. The Kier molecular flexibility index (Phi) is 3.21. The van der Waals surface area contributed by atoms with E-state index in [0.29, 0.717) is 6.54 Å². The molecule has 1 aromatic heterocycles. The highest BCUT2D eigenvalue weighted by Crippen LogP contribution is 2.40. The Morgan fingerprint density at radius 3 is 2.65 bits per heavy atom. The number of rotatable bonds is 3. The van der Waals surface area contributed by atoms with Gasteiger partial charge in [-0.25, -0.2) is 4.79 Å². The monoisotopic (exact) mass is 273 g/mol. The molecular weight excluding hydrogens is 250 g/mol. The molecule has 0 saturated heterocycles. The Balaban J connectivity index is 2.15. The van der Waals surface area contributed by atoms with Gasteiger partial charge in [-0.1, -0.05) is 18.9 Å². The molecule has 0 radical (unpaired) electrons. The Hall–Kier alpha value is -1.55. The van der Waals surface area contributed by atoms with Crippen LogP contribution in [-0.2, 0) is 5.41 Å². The van der Waals surface area contributed by atoms with Crippen molar-refractivity contribution in [3.05, 3.63) is 34.2 Å². The fourth-order valence-electron chi connectivity index (χ4n) is 3.64. The van der Waals surface area contributed by atoms with Gasteiger partial charge in [-0.3, -0.25) is 4.57 Å². The van der Waals surface area contributed by atoms with E-state index in [0.717, 1.165) is 23.9 Å². The van der Waals surface area contributed by atoms with Crippen molar-refractivity contribution in [3.63, 3.8) is 0 Å². The second-order valence-corrected chi connectivity index (χ2v) is 6.32. The molecule has 1 aliphatic carbocycles. The van der Waals surface area contributed by atoms with Gasteiger partial charge in [0.25, 0.3) is 0 Å². The van der Waals surface area contributed by atoms with E-state index in [-0.39, 0.29) is 17.1 Å². The van der Waals surface area contributed by atoms with Crippen LogP contribution < -0.4 is 11.4 Å². The lowest BCUT2D eigenvalue weighted by atomic mass is 9.79. The van der Waals surface area contributed by atoms with Crippen molar-refractivity contribution in [2.24, 2.45) is 5.73 Å². The molecule has 0 amide bonds. The van der Waals surface area contributed by atoms with Crippen LogP contribution >= 0.6 is 0 Å². The molecule has 1 heterocycles. The van der Waals surface area contributed by atoms with E-state index in [2.05, 4.69) is 23.2 Å². The van der Waals surface area contributed by atoms with Gasteiger partial charge in [-0.2, -0.15) is 0 Å². The van der Waals surface area contributed by atoms with Crippen LogP contribution in [-0.4, -0.2) is 16.1 Å². The van der Waals surface area contributed by atoms with Crippen molar-refractivity contribution in [1.82, 2.24) is 9.55 Å². The van der Waals surface area contributed by atoms with Crippen LogP contribution in [0, 0.1) is 0 Å². The van der Waals surface area contributed by atoms with Gasteiger partial charge in [0.15, 0.2) is 0 Å². The van der Waals surface area contributed by atoms with Gasteiger partial charge in [-0.15, -0.1) is 0 Å². The summed E-state index contributed by atoms with van der Waals surface area (Å²) in [5.74, 6) is 0. The highest BCUT2D eigenvalue weighted by atomic mass is 16.1. The number of fused-ring (bicyclic) bond motifs is 1. The molecule has 0 atom stereocenters. The van der Waals surface area contributed by atoms with E-state index < -0.39 is 0 Å². The molecule has 1 aromatic carbocycles. The number of benzene rings is 1. The van der Waals surface area contributed by atoms with Crippen LogP contribution in [0.4, 0.5) is 0 Å². The van der Waals surface area contributed by atoms with Gasteiger partial charge >= 0.3 is 5.69 Å². The third-order valence-electron chi connectivity index (χ3n) is 4.80. The lowest BCUT2D eigenvalue weighted by Gasteiger charge is -2.27. The van der Waals surface area contributed by atoms with Gasteiger partial charge in [0.05, 0.1) is 11.0 Å². The average Bonchev–Trinajstić information content (AvgIpc) is 3.01. The van der Waals surface area contributed by atoms with Gasteiger partial charge in [0, 0.05) is 18.0 Å². The fourth-order valence-corrected chi connectivity index (χ4v) is 3.64. The Bertz CT molecular complexity index is 675. The van der Waals surface area contributed by atoms with Crippen molar-refractivity contribution in [2.75, 3.05) is 6.54 Å². The zero-order valence-electron chi connectivity index (χ0n) is 12.3. The van der Waals surface area contributed by atoms with Crippen molar-refractivity contribution < 1.29 is 0 Å². The summed E-state index contributed by atoms with van der Waals surface area (Å²) >= 11 is 0. The van der Waals surface area contributed by atoms with Crippen LogP contribution in [0.5, 0.6) is 0 Å². The third-order valence-corrected chi connectivity index (χ3v) is 4.80. The highest BCUT2D eigenvalue weighted by molar-refractivity contribution is 5.76. The van der Waals surface area contributed by atoms with E-state index in [1.165, 1.54) is 18.4 Å². The number of nitrogens with one attached hydrogen (secondary N) is 1. The summed E-state index contributed by atoms with van der Waals surface area (Å²) in [6.07, 6.45) is 4.81. The summed E-state index contributed by atoms with van der Waals surface area (Å²) in [7, 11) is 0. The third kappa shape index (κ3) is 1.90. The topological polar surface area (TPSA) is 63.8 Å². The van der Waals surface area contributed by atoms with Crippen LogP contribution in [0.3, 0.4) is 0 Å². The largest absolute Gasteiger partial charge is 0.330 e. The van der Waals surface area contributed by atoms with Crippen molar-refractivity contribution in [3.8, 4) is 0 Å². The first-order valence-corrected chi connectivity index (χ1v) is 7.52. The first-order valence-electron chi connectivity index (χ1n) is 7.52. The van der Waals surface area contributed by atoms with E-state index in [1.54, 1.807) is 0 Å². The quantitative estimate of drug-likeness (QED) is 0.903. The van der Waals surface area contributed by atoms with E-state index >= 15 is 0 Å². The minimum atomic E-state index is -0.0274. The summed E-state index contributed by atoms with van der Waals surface area (Å²) in [6, 6.07) is 6.52. The Labute approximate surface area is 119 Å². The highest BCUT2D eigenvalue weighted by Gasteiger charge is 2.34. The lowest BCUT2D eigenvalue weighted by molar-refractivity contribution is 0.453. The van der Waals surface area contributed by atoms with Crippen LogP contribution in [0.25, 0.3) is 11.0 Å². The first kappa shape index (κ1) is 13.4. The number of imidazole rings is 1. The normalized spacial score (nSPS) is 18.2.